The Morgan fingerprint density at radius 2 is 1.48 bits per heavy atom. The van der Waals surface area contributed by atoms with Crippen LogP contribution in [0.1, 0.15) is 46.5 Å². The van der Waals surface area contributed by atoms with Gasteiger partial charge in [0.25, 0.3) is 0 Å². The lowest BCUT2D eigenvalue weighted by atomic mass is 10.0. The van der Waals surface area contributed by atoms with Crippen LogP contribution in [0.5, 0.6) is 0 Å². The zero-order chi connectivity index (χ0) is 25.7. The van der Waals surface area contributed by atoms with Crippen LogP contribution in [-0.4, -0.2) is 76.5 Å². The van der Waals surface area contributed by atoms with Crippen molar-refractivity contribution >= 4 is 35.6 Å². The molecule has 0 unspecified atom stereocenters. The molecule has 11 N–H and O–H groups in total. The minimum atomic E-state index is -1.48. The number of hydrogen-bond acceptors (Lipinski definition) is 7. The largest absolute Gasteiger partial charge is 0.481 e. The zero-order valence-corrected chi connectivity index (χ0v) is 19.0. The van der Waals surface area contributed by atoms with E-state index < -0.39 is 60.2 Å². The third kappa shape index (κ3) is 12.9. The van der Waals surface area contributed by atoms with Gasteiger partial charge in [0.2, 0.25) is 17.7 Å². The van der Waals surface area contributed by atoms with Crippen molar-refractivity contribution in [2.75, 3.05) is 6.54 Å². The summed E-state index contributed by atoms with van der Waals surface area (Å²) in [7, 11) is 0. The summed E-state index contributed by atoms with van der Waals surface area (Å²) in [5.74, 6) is -5.26. The number of guanidine groups is 1. The molecule has 0 aliphatic carbocycles. The highest BCUT2D eigenvalue weighted by atomic mass is 16.4. The lowest BCUT2D eigenvalue weighted by molar-refractivity contribution is -0.143. The maximum Gasteiger partial charge on any atom is 0.326 e. The molecular formula is C19H35N7O7. The van der Waals surface area contributed by atoms with Crippen LogP contribution in [0, 0.1) is 11.3 Å². The maximum atomic E-state index is 12.5. The topological polar surface area (TPSA) is 250 Å². The van der Waals surface area contributed by atoms with Crippen LogP contribution >= 0.6 is 0 Å². The molecule has 0 radical (unpaired) electrons. The smallest absolute Gasteiger partial charge is 0.326 e. The Morgan fingerprint density at radius 3 is 1.97 bits per heavy atom. The van der Waals surface area contributed by atoms with E-state index in [1.54, 1.807) is 0 Å². The van der Waals surface area contributed by atoms with Gasteiger partial charge in [-0.3, -0.25) is 24.6 Å². The second kappa shape index (κ2) is 14.6. The Kier molecular flexibility index (Phi) is 13.1. The molecule has 14 nitrogen and oxygen atoms in total. The third-order valence-electron chi connectivity index (χ3n) is 4.43. The van der Waals surface area contributed by atoms with E-state index in [2.05, 4.69) is 21.3 Å². The minimum absolute atomic E-state index is 0.0352. The van der Waals surface area contributed by atoms with Gasteiger partial charge in [-0.1, -0.05) is 13.8 Å². The van der Waals surface area contributed by atoms with E-state index in [4.69, 9.17) is 22.0 Å². The summed E-state index contributed by atoms with van der Waals surface area (Å²) in [4.78, 5) is 59.6. The van der Waals surface area contributed by atoms with Crippen LogP contribution in [0.4, 0.5) is 0 Å². The van der Waals surface area contributed by atoms with Gasteiger partial charge >= 0.3 is 11.9 Å². The number of rotatable bonds is 15. The van der Waals surface area contributed by atoms with Crippen molar-refractivity contribution in [2.45, 2.75) is 70.6 Å². The van der Waals surface area contributed by atoms with E-state index in [9.17, 15) is 29.1 Å². The molecule has 0 aromatic rings. The van der Waals surface area contributed by atoms with E-state index in [1.807, 2.05) is 13.8 Å². The molecule has 14 heteroatoms. The number of nitrogens with two attached hydrogens (primary N) is 2. The number of aliphatic carboxylic acids is 2. The second-order valence-electron chi connectivity index (χ2n) is 8.01. The van der Waals surface area contributed by atoms with Gasteiger partial charge in [-0.15, -0.1) is 0 Å². The molecule has 0 aromatic carbocycles. The average molecular weight is 474 g/mol. The summed E-state index contributed by atoms with van der Waals surface area (Å²) < 4.78 is 0. The number of carboxylic acid groups (broad SMARTS) is 2. The number of amides is 3. The van der Waals surface area contributed by atoms with Gasteiger partial charge in [-0.2, -0.15) is 0 Å². The first kappa shape index (κ1) is 29.6. The first-order chi connectivity index (χ1) is 15.2. The second-order valence-corrected chi connectivity index (χ2v) is 8.01. The van der Waals surface area contributed by atoms with Crippen LogP contribution in [0.15, 0.2) is 0 Å². The van der Waals surface area contributed by atoms with Crippen LogP contribution in [0.2, 0.25) is 0 Å². The SMILES string of the molecule is CC(C)C[C@H](N)C(=O)N[C@@H](CC(=O)O)C(=O)N[C@@H](C)C(=O)N[C@@H](CCCNC(=N)N)C(=O)O. The van der Waals surface area contributed by atoms with Crippen molar-refractivity contribution in [2.24, 2.45) is 17.4 Å². The molecule has 0 fully saturated rings. The van der Waals surface area contributed by atoms with Gasteiger partial charge < -0.3 is 42.9 Å². The van der Waals surface area contributed by atoms with Gasteiger partial charge in [-0.05, 0) is 32.1 Å². The maximum absolute atomic E-state index is 12.5. The van der Waals surface area contributed by atoms with Gasteiger partial charge in [-0.25, -0.2) is 4.79 Å². The minimum Gasteiger partial charge on any atom is -0.481 e. The Morgan fingerprint density at radius 1 is 0.909 bits per heavy atom. The van der Waals surface area contributed by atoms with E-state index >= 15 is 0 Å². The number of carbonyl (C=O) groups excluding carboxylic acids is 3. The molecule has 0 aliphatic heterocycles. The summed E-state index contributed by atoms with van der Waals surface area (Å²) in [5, 5.41) is 34.7. The lowest BCUT2D eigenvalue weighted by Gasteiger charge is -2.23. The Labute approximate surface area is 191 Å². The highest BCUT2D eigenvalue weighted by molar-refractivity contribution is 5.95. The van der Waals surface area contributed by atoms with Crippen LogP contribution in [0.3, 0.4) is 0 Å². The van der Waals surface area contributed by atoms with Gasteiger partial charge in [0, 0.05) is 6.54 Å². The third-order valence-corrected chi connectivity index (χ3v) is 4.43. The van der Waals surface area contributed by atoms with Crippen LogP contribution < -0.4 is 32.7 Å². The van der Waals surface area contributed by atoms with Crippen LogP contribution in [-0.2, 0) is 24.0 Å². The summed E-state index contributed by atoms with van der Waals surface area (Å²) in [6.45, 7) is 5.21. The van der Waals surface area contributed by atoms with Crippen molar-refractivity contribution in [3.63, 3.8) is 0 Å². The monoisotopic (exact) mass is 473 g/mol. The summed E-state index contributed by atoms with van der Waals surface area (Å²) in [6.07, 6.45) is -0.0832. The zero-order valence-electron chi connectivity index (χ0n) is 19.0. The molecule has 3 amide bonds. The lowest BCUT2D eigenvalue weighted by Crippen LogP contribution is -2.56. The van der Waals surface area contributed by atoms with E-state index in [-0.39, 0.29) is 24.8 Å². The quantitative estimate of drug-likeness (QED) is 0.0695. The highest BCUT2D eigenvalue weighted by Gasteiger charge is 2.29. The first-order valence-electron chi connectivity index (χ1n) is 10.4. The number of carbonyl (C=O) groups is 5. The average Bonchev–Trinajstić information content (AvgIpc) is 2.67. The van der Waals surface area contributed by atoms with Gasteiger partial charge in [0.05, 0.1) is 12.5 Å². The molecule has 0 saturated heterocycles. The van der Waals surface area contributed by atoms with E-state index in [0.717, 1.165) is 0 Å². The molecule has 33 heavy (non-hydrogen) atoms. The molecule has 188 valence electrons. The van der Waals surface area contributed by atoms with Crippen molar-refractivity contribution in [3.8, 4) is 0 Å². The number of nitrogens with one attached hydrogen (secondary N) is 5. The van der Waals surface area contributed by atoms with Crippen molar-refractivity contribution in [1.29, 1.82) is 5.41 Å². The van der Waals surface area contributed by atoms with Crippen molar-refractivity contribution < 1.29 is 34.2 Å². The fraction of sp³-hybridized carbons (Fsp3) is 0.684. The molecule has 0 aliphatic rings. The molecule has 0 saturated carbocycles. The molecule has 0 aromatic heterocycles. The Balaban J connectivity index is 5.00. The summed E-state index contributed by atoms with van der Waals surface area (Å²) in [6, 6.07) is -4.89. The van der Waals surface area contributed by atoms with Gasteiger partial charge in [0.15, 0.2) is 5.96 Å². The standard InChI is InChI=1S/C19H35N7O7/c1-9(2)7-11(20)16(30)26-13(8-14(27)28)17(31)24-10(3)15(29)25-12(18(32)33)5-4-6-23-19(21)22/h9-13H,4-8,20H2,1-3H3,(H,24,31)(H,25,29)(H,26,30)(H,27,28)(H,32,33)(H4,21,22,23)/t10-,11-,12-,13-/m0/s1. The summed E-state index contributed by atoms with van der Waals surface area (Å²) in [5.41, 5.74) is 10.9. The van der Waals surface area contributed by atoms with Crippen molar-refractivity contribution in [3.05, 3.63) is 0 Å². The van der Waals surface area contributed by atoms with E-state index in [1.165, 1.54) is 6.92 Å². The van der Waals surface area contributed by atoms with Crippen LogP contribution in [0.25, 0.3) is 0 Å². The molecule has 0 bridgehead atoms. The highest BCUT2D eigenvalue weighted by Crippen LogP contribution is 2.04. The molecule has 0 heterocycles. The Bertz CT molecular complexity index is 729. The van der Waals surface area contributed by atoms with E-state index in [0.29, 0.717) is 12.8 Å². The summed E-state index contributed by atoms with van der Waals surface area (Å²) >= 11 is 0. The molecule has 4 atom stereocenters. The normalized spacial score (nSPS) is 14.3. The molecular weight excluding hydrogens is 438 g/mol. The number of carboxylic acids is 2. The predicted molar refractivity (Wildman–Crippen MR) is 118 cm³/mol. The predicted octanol–water partition coefficient (Wildman–Crippen LogP) is -2.34. The molecule has 0 rings (SSSR count). The number of hydrogen-bond donors (Lipinski definition) is 9. The molecule has 0 spiro atoms. The Hall–Kier alpha value is -3.42. The fourth-order valence-corrected chi connectivity index (χ4v) is 2.74. The fourth-order valence-electron chi connectivity index (χ4n) is 2.74. The van der Waals surface area contributed by atoms with Crippen molar-refractivity contribution in [1.82, 2.24) is 21.3 Å². The van der Waals surface area contributed by atoms with Gasteiger partial charge in [0.1, 0.15) is 18.1 Å². The first-order valence-corrected chi connectivity index (χ1v) is 10.4.